The van der Waals surface area contributed by atoms with Crippen molar-refractivity contribution in [2.24, 2.45) is 10.8 Å². The highest BCUT2D eigenvalue weighted by Gasteiger charge is 2.47. The van der Waals surface area contributed by atoms with Gasteiger partial charge in [0.05, 0.1) is 10.8 Å². The van der Waals surface area contributed by atoms with Crippen LogP contribution in [-0.4, -0.2) is 85.8 Å². The third-order valence-corrected chi connectivity index (χ3v) is 11.7. The van der Waals surface area contributed by atoms with E-state index in [2.05, 4.69) is 0 Å². The number of allylic oxidation sites excluding steroid dienone is 6. The summed E-state index contributed by atoms with van der Waals surface area (Å²) in [6.45, 7) is 11.7. The van der Waals surface area contributed by atoms with Gasteiger partial charge in [-0.05, 0) is 53.4 Å². The molecule has 16 nitrogen and oxygen atoms in total. The van der Waals surface area contributed by atoms with Crippen LogP contribution in [0.4, 0.5) is 0 Å². The van der Waals surface area contributed by atoms with Gasteiger partial charge in [0, 0.05) is 78.3 Å². The van der Waals surface area contributed by atoms with Crippen LogP contribution in [0, 0.1) is 10.8 Å². The minimum absolute atomic E-state index is 0.157. The first kappa shape index (κ1) is 49.1. The van der Waals surface area contributed by atoms with Gasteiger partial charge in [-0.2, -0.15) is 0 Å². The molecule has 0 heterocycles. The van der Waals surface area contributed by atoms with Crippen LogP contribution >= 0.6 is 0 Å². The lowest BCUT2D eigenvalue weighted by atomic mass is 9.72. The Labute approximate surface area is 363 Å². The zero-order valence-electron chi connectivity index (χ0n) is 36.7. The van der Waals surface area contributed by atoms with Crippen LogP contribution in [-0.2, 0) is 38.4 Å². The van der Waals surface area contributed by atoms with Crippen LogP contribution in [0.3, 0.4) is 0 Å². The van der Waals surface area contributed by atoms with Gasteiger partial charge in [-0.25, -0.2) is 0 Å². The van der Waals surface area contributed by atoms with Crippen LogP contribution in [0.1, 0.15) is 150 Å². The summed E-state index contributed by atoms with van der Waals surface area (Å²) in [6, 6.07) is 0. The summed E-state index contributed by atoms with van der Waals surface area (Å²) in [5, 5.41) is 116. The SMILES string of the molecule is CCCC(=O)C1=C(O)C(Cc2c(O)c(Cc3c(O)c(CC4=C(O)C(C)(C)C(=O)C(C(=O)CCC)=C4O)c(O)c(C(=O)CCC)c3O)c(O)c(C(=O)CCC)c2O)=C(O)C(C)(C)C1=O. The van der Waals surface area contributed by atoms with Crippen LogP contribution in [0.2, 0.25) is 0 Å². The lowest BCUT2D eigenvalue weighted by Crippen LogP contribution is -2.36. The van der Waals surface area contributed by atoms with Gasteiger partial charge in [0.2, 0.25) is 0 Å². The van der Waals surface area contributed by atoms with Gasteiger partial charge < -0.3 is 51.1 Å². The van der Waals surface area contributed by atoms with Crippen LogP contribution in [0.15, 0.2) is 45.3 Å². The second-order valence-electron chi connectivity index (χ2n) is 17.0. The Morgan fingerprint density at radius 1 is 0.397 bits per heavy atom. The molecular weight excluding hydrogens is 821 g/mol. The smallest absolute Gasteiger partial charge is 0.183 e. The fourth-order valence-electron chi connectivity index (χ4n) is 7.97. The van der Waals surface area contributed by atoms with E-state index in [0.29, 0.717) is 12.8 Å². The Hall–Kier alpha value is -6.58. The Morgan fingerprint density at radius 2 is 0.651 bits per heavy atom. The van der Waals surface area contributed by atoms with Crippen LogP contribution < -0.4 is 0 Å². The zero-order chi connectivity index (χ0) is 47.8. The molecule has 0 spiro atoms. The lowest BCUT2D eigenvalue weighted by Gasteiger charge is -2.31. The average Bonchev–Trinajstić information content (AvgIpc) is 3.19. The number of carbonyl (C=O) groups is 6. The number of phenolic OH excluding ortho intramolecular Hbond substituents is 6. The molecule has 0 unspecified atom stereocenters. The van der Waals surface area contributed by atoms with E-state index >= 15 is 0 Å². The maximum absolute atomic E-state index is 13.6. The van der Waals surface area contributed by atoms with Crippen molar-refractivity contribution >= 4 is 34.7 Å². The molecule has 63 heavy (non-hydrogen) atoms. The number of carbonyl (C=O) groups excluding carboxylic acids is 6. The molecule has 0 aromatic heterocycles. The highest BCUT2D eigenvalue weighted by molar-refractivity contribution is 6.25. The number of aromatic hydroxyl groups is 6. The van der Waals surface area contributed by atoms with Gasteiger partial charge in [-0.15, -0.1) is 0 Å². The summed E-state index contributed by atoms with van der Waals surface area (Å²) in [5.41, 5.74) is -9.97. The predicted octanol–water partition coefficient (Wildman–Crippen LogP) is 7.77. The molecule has 0 atom stereocenters. The van der Waals surface area contributed by atoms with Gasteiger partial charge in [-0.3, -0.25) is 28.8 Å². The highest BCUT2D eigenvalue weighted by Crippen LogP contribution is 2.52. The molecule has 340 valence electrons. The van der Waals surface area contributed by atoms with E-state index in [-0.39, 0.29) is 38.5 Å². The van der Waals surface area contributed by atoms with E-state index < -0.39 is 178 Å². The quantitative estimate of drug-likeness (QED) is 0.0505. The molecule has 16 heteroatoms. The molecule has 0 amide bonds. The fourth-order valence-corrected chi connectivity index (χ4v) is 7.97. The maximum atomic E-state index is 13.6. The van der Waals surface area contributed by atoms with Crippen molar-refractivity contribution in [3.8, 4) is 34.5 Å². The maximum Gasteiger partial charge on any atom is 0.183 e. The third-order valence-electron chi connectivity index (χ3n) is 11.7. The van der Waals surface area contributed by atoms with Gasteiger partial charge in [-0.1, -0.05) is 27.7 Å². The molecule has 0 aliphatic heterocycles. The normalized spacial score (nSPS) is 16.3. The molecule has 2 aromatic carbocycles. The van der Waals surface area contributed by atoms with Crippen molar-refractivity contribution < 1.29 is 79.8 Å². The summed E-state index contributed by atoms with van der Waals surface area (Å²) in [6.07, 6.45) is -2.59. The molecule has 2 aromatic rings. The minimum atomic E-state index is -1.80. The van der Waals surface area contributed by atoms with Crippen molar-refractivity contribution in [2.75, 3.05) is 0 Å². The molecule has 0 bridgehead atoms. The lowest BCUT2D eigenvalue weighted by molar-refractivity contribution is -0.128. The average molecular weight is 877 g/mol. The first-order valence-corrected chi connectivity index (χ1v) is 20.8. The van der Waals surface area contributed by atoms with Gasteiger partial charge in [0.15, 0.2) is 34.7 Å². The van der Waals surface area contributed by atoms with Crippen molar-refractivity contribution in [3.63, 3.8) is 0 Å². The number of phenols is 6. The molecular formula is C47H56O16. The zero-order valence-corrected chi connectivity index (χ0v) is 36.7. The predicted molar refractivity (Wildman–Crippen MR) is 228 cm³/mol. The van der Waals surface area contributed by atoms with E-state index in [1.165, 1.54) is 27.7 Å². The molecule has 2 aliphatic rings. The number of aliphatic hydroxyl groups is 4. The third kappa shape index (κ3) is 8.37. The van der Waals surface area contributed by atoms with Gasteiger partial charge >= 0.3 is 0 Å². The summed E-state index contributed by atoms with van der Waals surface area (Å²) in [5.74, 6) is -14.6. The largest absolute Gasteiger partial charge is 0.511 e. The van der Waals surface area contributed by atoms with Crippen LogP contribution in [0.25, 0.3) is 0 Å². The van der Waals surface area contributed by atoms with Gasteiger partial charge in [0.25, 0.3) is 0 Å². The Bertz CT molecular complexity index is 2300. The minimum Gasteiger partial charge on any atom is -0.511 e. The molecule has 0 saturated heterocycles. The highest BCUT2D eigenvalue weighted by atomic mass is 16.3. The standard InChI is InChI=1S/C47H56O16/c1-9-13-26(48)30-36(54)20(34(52)22(38(30)56)18-24-40(58)32(28(50)15-11-3)44(62)46(5,6)42(24)60)17-21-35(53)23(39(57)31(37(21)55)27(49)14-10-2)19-25-41(59)33(29(51)16-12-4)45(63)47(7,8)43(25)61/h52-61H,9-19H2,1-8H3. The first-order valence-electron chi connectivity index (χ1n) is 20.8. The Morgan fingerprint density at radius 3 is 0.921 bits per heavy atom. The Balaban J connectivity index is 2.09. The second kappa shape index (κ2) is 18.4. The Kier molecular flexibility index (Phi) is 14.3. The van der Waals surface area contributed by atoms with Crippen LogP contribution in [0.5, 0.6) is 34.5 Å². The molecule has 0 fully saturated rings. The summed E-state index contributed by atoms with van der Waals surface area (Å²) < 4.78 is 0. The van der Waals surface area contributed by atoms with Crippen molar-refractivity contribution in [3.05, 3.63) is 78.7 Å². The van der Waals surface area contributed by atoms with Crippen molar-refractivity contribution in [1.29, 1.82) is 0 Å². The summed E-state index contributed by atoms with van der Waals surface area (Å²) in [7, 11) is 0. The number of hydrogen-bond acceptors (Lipinski definition) is 16. The van der Waals surface area contributed by atoms with Gasteiger partial charge in [0.1, 0.15) is 79.8 Å². The molecule has 4 rings (SSSR count). The summed E-state index contributed by atoms with van der Waals surface area (Å²) in [4.78, 5) is 80.1. The van der Waals surface area contributed by atoms with E-state index in [0.717, 1.165) is 0 Å². The number of benzene rings is 2. The van der Waals surface area contributed by atoms with E-state index in [4.69, 9.17) is 0 Å². The molecule has 0 saturated carbocycles. The monoisotopic (exact) mass is 876 g/mol. The number of hydrogen-bond donors (Lipinski definition) is 10. The first-order chi connectivity index (χ1) is 29.3. The van der Waals surface area contributed by atoms with E-state index in [9.17, 15) is 79.8 Å². The molecule has 2 aliphatic carbocycles. The topological polar surface area (TPSA) is 305 Å². The van der Waals surface area contributed by atoms with E-state index in [1.807, 2.05) is 0 Å². The second-order valence-corrected chi connectivity index (χ2v) is 17.0. The van der Waals surface area contributed by atoms with E-state index in [1.54, 1.807) is 27.7 Å². The fraction of sp³-hybridized carbons (Fsp3) is 0.447. The van der Waals surface area contributed by atoms with Crippen molar-refractivity contribution in [1.82, 2.24) is 0 Å². The summed E-state index contributed by atoms with van der Waals surface area (Å²) >= 11 is 0. The molecule has 10 N–H and O–H groups in total. The molecule has 0 radical (unpaired) electrons. The number of aliphatic hydroxyl groups excluding tert-OH is 4. The van der Waals surface area contributed by atoms with Crippen molar-refractivity contribution in [2.45, 2.75) is 126 Å². The number of Topliss-reactive ketones (excluding diaryl/α,β-unsaturated/α-hetero) is 6. The number of ketones is 6. The number of rotatable bonds is 18.